The van der Waals surface area contributed by atoms with Gasteiger partial charge in [-0.3, -0.25) is 9.59 Å². The second-order valence-corrected chi connectivity index (χ2v) is 6.43. The maximum atomic E-state index is 13.2. The van der Waals surface area contributed by atoms with Crippen LogP contribution in [0.3, 0.4) is 0 Å². The molecule has 1 aliphatic rings. The standard InChI is InChI=1S/C22H18N2O3/c25-20-22(27,16-17-10-4-1-5-11-17)21(26)24(19-14-8-3-9-15-19)23(20)18-12-6-2-7-13-18/h1-15,27H,16H2. The van der Waals surface area contributed by atoms with Crippen LogP contribution in [0, 0.1) is 0 Å². The maximum Gasteiger partial charge on any atom is 0.288 e. The van der Waals surface area contributed by atoms with Crippen molar-refractivity contribution in [1.29, 1.82) is 0 Å². The minimum absolute atomic E-state index is 0.0851. The van der Waals surface area contributed by atoms with Crippen molar-refractivity contribution in [2.75, 3.05) is 10.0 Å². The number of benzene rings is 3. The van der Waals surface area contributed by atoms with Gasteiger partial charge in [0.2, 0.25) is 5.60 Å². The summed E-state index contributed by atoms with van der Waals surface area (Å²) < 4.78 is 0. The van der Waals surface area contributed by atoms with E-state index in [1.165, 1.54) is 10.0 Å². The van der Waals surface area contributed by atoms with Gasteiger partial charge < -0.3 is 5.11 Å². The predicted octanol–water partition coefficient (Wildman–Crippen LogP) is 2.96. The Balaban J connectivity index is 1.81. The molecule has 1 fully saturated rings. The molecule has 2 amide bonds. The molecule has 0 radical (unpaired) electrons. The van der Waals surface area contributed by atoms with E-state index >= 15 is 0 Å². The van der Waals surface area contributed by atoms with Crippen molar-refractivity contribution in [3.05, 3.63) is 96.6 Å². The molecule has 1 N–H and O–H groups in total. The first-order chi connectivity index (χ1) is 13.1. The van der Waals surface area contributed by atoms with Crippen LogP contribution in [0.15, 0.2) is 91.0 Å². The Morgan fingerprint density at radius 1 is 0.630 bits per heavy atom. The zero-order valence-electron chi connectivity index (χ0n) is 14.5. The van der Waals surface area contributed by atoms with Crippen LogP contribution in [0.1, 0.15) is 5.56 Å². The number of anilines is 2. The number of aliphatic hydroxyl groups is 1. The van der Waals surface area contributed by atoms with E-state index in [2.05, 4.69) is 0 Å². The Labute approximate surface area is 157 Å². The highest BCUT2D eigenvalue weighted by molar-refractivity contribution is 6.28. The first kappa shape index (κ1) is 17.0. The molecule has 1 aliphatic heterocycles. The van der Waals surface area contributed by atoms with Gasteiger partial charge in [-0.2, -0.15) is 0 Å². The summed E-state index contributed by atoms with van der Waals surface area (Å²) in [6, 6.07) is 26.8. The average Bonchev–Trinajstić information content (AvgIpc) is 2.91. The van der Waals surface area contributed by atoms with Crippen molar-refractivity contribution in [2.45, 2.75) is 12.0 Å². The average molecular weight is 358 g/mol. The van der Waals surface area contributed by atoms with E-state index in [1.54, 1.807) is 60.7 Å². The van der Waals surface area contributed by atoms with Crippen molar-refractivity contribution in [3.8, 4) is 0 Å². The largest absolute Gasteiger partial charge is 0.371 e. The Morgan fingerprint density at radius 2 is 1.00 bits per heavy atom. The van der Waals surface area contributed by atoms with Crippen LogP contribution in [0.25, 0.3) is 0 Å². The molecule has 0 saturated carbocycles. The van der Waals surface area contributed by atoms with Crippen molar-refractivity contribution in [3.63, 3.8) is 0 Å². The van der Waals surface area contributed by atoms with Gasteiger partial charge in [-0.1, -0.05) is 66.7 Å². The molecule has 5 heteroatoms. The van der Waals surface area contributed by atoms with Gasteiger partial charge in [0.25, 0.3) is 11.8 Å². The van der Waals surface area contributed by atoms with Gasteiger partial charge in [0.15, 0.2) is 0 Å². The van der Waals surface area contributed by atoms with Gasteiger partial charge in [0.05, 0.1) is 11.4 Å². The fourth-order valence-electron chi connectivity index (χ4n) is 3.27. The van der Waals surface area contributed by atoms with Gasteiger partial charge in [0.1, 0.15) is 0 Å². The van der Waals surface area contributed by atoms with Crippen LogP contribution in [-0.2, 0) is 16.0 Å². The summed E-state index contributed by atoms with van der Waals surface area (Å²) in [7, 11) is 0. The van der Waals surface area contributed by atoms with E-state index in [4.69, 9.17) is 0 Å². The monoisotopic (exact) mass is 358 g/mol. The molecule has 0 bridgehead atoms. The molecule has 0 aliphatic carbocycles. The molecule has 0 spiro atoms. The number of hydrogen-bond donors (Lipinski definition) is 1. The summed E-state index contributed by atoms with van der Waals surface area (Å²) in [5, 5.41) is 13.7. The fraction of sp³-hybridized carbons (Fsp3) is 0.0909. The lowest BCUT2D eigenvalue weighted by Crippen LogP contribution is -2.46. The van der Waals surface area contributed by atoms with Crippen LogP contribution < -0.4 is 10.0 Å². The van der Waals surface area contributed by atoms with Crippen molar-refractivity contribution < 1.29 is 14.7 Å². The lowest BCUT2D eigenvalue weighted by Gasteiger charge is -2.27. The van der Waals surface area contributed by atoms with Crippen LogP contribution >= 0.6 is 0 Å². The Hall–Kier alpha value is -3.44. The molecule has 1 heterocycles. The molecule has 27 heavy (non-hydrogen) atoms. The van der Waals surface area contributed by atoms with Gasteiger partial charge in [-0.25, -0.2) is 10.0 Å². The number of rotatable bonds is 4. The summed E-state index contributed by atoms with van der Waals surface area (Å²) in [6.45, 7) is 0. The normalized spacial score (nSPS) is 16.0. The van der Waals surface area contributed by atoms with Crippen LogP contribution in [0.5, 0.6) is 0 Å². The smallest absolute Gasteiger partial charge is 0.288 e. The first-order valence-electron chi connectivity index (χ1n) is 8.67. The number of para-hydroxylation sites is 2. The lowest BCUT2D eigenvalue weighted by atomic mass is 9.93. The van der Waals surface area contributed by atoms with E-state index in [0.717, 1.165) is 0 Å². The topological polar surface area (TPSA) is 60.9 Å². The molecule has 0 atom stereocenters. The van der Waals surface area contributed by atoms with E-state index in [-0.39, 0.29) is 6.42 Å². The summed E-state index contributed by atoms with van der Waals surface area (Å²) in [5.41, 5.74) is -0.412. The molecular formula is C22H18N2O3. The third kappa shape index (κ3) is 2.88. The molecule has 0 unspecified atom stereocenters. The molecular weight excluding hydrogens is 340 g/mol. The lowest BCUT2D eigenvalue weighted by molar-refractivity contribution is -0.144. The predicted molar refractivity (Wildman–Crippen MR) is 103 cm³/mol. The minimum Gasteiger partial charge on any atom is -0.371 e. The maximum absolute atomic E-state index is 13.2. The van der Waals surface area contributed by atoms with Crippen LogP contribution in [0.4, 0.5) is 11.4 Å². The van der Waals surface area contributed by atoms with E-state index < -0.39 is 17.4 Å². The van der Waals surface area contributed by atoms with E-state index in [0.29, 0.717) is 16.9 Å². The molecule has 1 saturated heterocycles. The van der Waals surface area contributed by atoms with Crippen LogP contribution in [-0.4, -0.2) is 22.5 Å². The minimum atomic E-state index is -2.16. The van der Waals surface area contributed by atoms with Crippen molar-refractivity contribution in [1.82, 2.24) is 0 Å². The quantitative estimate of drug-likeness (QED) is 0.730. The zero-order valence-corrected chi connectivity index (χ0v) is 14.5. The number of hydrazine groups is 1. The molecule has 4 rings (SSSR count). The molecule has 134 valence electrons. The SMILES string of the molecule is O=C1N(c2ccccc2)N(c2ccccc2)C(=O)C1(O)Cc1ccccc1. The Morgan fingerprint density at radius 3 is 1.41 bits per heavy atom. The molecule has 0 aromatic heterocycles. The number of amides is 2. The van der Waals surface area contributed by atoms with Crippen molar-refractivity contribution in [2.24, 2.45) is 0 Å². The van der Waals surface area contributed by atoms with Crippen molar-refractivity contribution >= 4 is 23.2 Å². The Kier molecular flexibility index (Phi) is 4.22. The number of hydrogen-bond acceptors (Lipinski definition) is 3. The van der Waals surface area contributed by atoms with Gasteiger partial charge in [-0.05, 0) is 29.8 Å². The second-order valence-electron chi connectivity index (χ2n) is 6.43. The van der Waals surface area contributed by atoms with E-state index in [9.17, 15) is 14.7 Å². The summed E-state index contributed by atoms with van der Waals surface area (Å²) in [5.74, 6) is -1.32. The third-order valence-corrected chi connectivity index (χ3v) is 4.60. The van der Waals surface area contributed by atoms with E-state index in [1.807, 2.05) is 30.3 Å². The highest BCUT2D eigenvalue weighted by atomic mass is 16.3. The van der Waals surface area contributed by atoms with Gasteiger partial charge in [-0.15, -0.1) is 0 Å². The second kappa shape index (κ2) is 6.70. The molecule has 5 nitrogen and oxygen atoms in total. The molecule has 3 aromatic carbocycles. The summed E-state index contributed by atoms with van der Waals surface area (Å²) in [6.07, 6.45) is -0.0851. The van der Waals surface area contributed by atoms with Crippen LogP contribution in [0.2, 0.25) is 0 Å². The number of carbonyl (C=O) groups excluding carboxylic acids is 2. The fourth-order valence-corrected chi connectivity index (χ4v) is 3.27. The summed E-state index contributed by atoms with van der Waals surface area (Å²) in [4.78, 5) is 26.5. The summed E-state index contributed by atoms with van der Waals surface area (Å²) >= 11 is 0. The zero-order chi connectivity index (χ0) is 18.9. The van der Waals surface area contributed by atoms with Gasteiger partial charge >= 0.3 is 0 Å². The number of carbonyl (C=O) groups is 2. The van der Waals surface area contributed by atoms with Gasteiger partial charge in [0, 0.05) is 6.42 Å². The Bertz CT molecular complexity index is 901. The highest BCUT2D eigenvalue weighted by Crippen LogP contribution is 2.35. The number of nitrogens with zero attached hydrogens (tertiary/aromatic N) is 2. The first-order valence-corrected chi connectivity index (χ1v) is 8.67. The third-order valence-electron chi connectivity index (χ3n) is 4.60. The molecule has 3 aromatic rings. The highest BCUT2D eigenvalue weighted by Gasteiger charge is 2.58.